The fourth-order valence-corrected chi connectivity index (χ4v) is 2.24. The van der Waals surface area contributed by atoms with Gasteiger partial charge >= 0.3 is 0 Å². The zero-order valence-electron chi connectivity index (χ0n) is 11.9. The lowest BCUT2D eigenvalue weighted by Crippen LogP contribution is -2.13. The summed E-state index contributed by atoms with van der Waals surface area (Å²) >= 11 is 5.80. The molecule has 0 aliphatic carbocycles. The van der Waals surface area contributed by atoms with Gasteiger partial charge < -0.3 is 10.4 Å². The van der Waals surface area contributed by atoms with Crippen LogP contribution in [-0.4, -0.2) is 15.9 Å². The van der Waals surface area contributed by atoms with E-state index in [-0.39, 0.29) is 27.7 Å². The van der Waals surface area contributed by atoms with Crippen molar-refractivity contribution in [2.75, 3.05) is 5.32 Å². The van der Waals surface area contributed by atoms with Crippen LogP contribution in [0.25, 0.3) is 0 Å². The van der Waals surface area contributed by atoms with Gasteiger partial charge in [0.05, 0.1) is 16.2 Å². The van der Waals surface area contributed by atoms with Gasteiger partial charge in [0.1, 0.15) is 10.8 Å². The summed E-state index contributed by atoms with van der Waals surface area (Å²) in [6.45, 7) is 3.45. The molecule has 0 bridgehead atoms. The molecule has 0 spiro atoms. The summed E-state index contributed by atoms with van der Waals surface area (Å²) < 4.78 is 0. The number of carbonyl (C=O) groups excluding carboxylic acids is 1. The first-order chi connectivity index (χ1) is 10.3. The molecule has 6 nitrogen and oxygen atoms in total. The fraction of sp³-hybridized carbons (Fsp3) is 0.133. The van der Waals surface area contributed by atoms with Crippen LogP contribution in [0.1, 0.15) is 21.5 Å². The van der Waals surface area contributed by atoms with Crippen LogP contribution < -0.4 is 5.32 Å². The number of hydrogen-bond donors (Lipinski definition) is 2. The second-order valence-corrected chi connectivity index (χ2v) is 5.26. The quantitative estimate of drug-likeness (QED) is 0.664. The van der Waals surface area contributed by atoms with Crippen LogP contribution in [0.5, 0.6) is 5.75 Å². The van der Waals surface area contributed by atoms with Crippen molar-refractivity contribution >= 4 is 28.9 Å². The van der Waals surface area contributed by atoms with Crippen molar-refractivity contribution in [1.82, 2.24) is 0 Å². The first-order valence-corrected chi connectivity index (χ1v) is 6.73. The summed E-state index contributed by atoms with van der Waals surface area (Å²) in [5.41, 5.74) is 1.45. The summed E-state index contributed by atoms with van der Waals surface area (Å²) in [5.74, 6) is -0.717. The SMILES string of the molecule is Cc1ccc(O)c(C(=O)Nc2cc([N+](=O)[O-])c(Cl)cc2C)c1. The third-order valence-corrected chi connectivity index (χ3v) is 3.44. The second kappa shape index (κ2) is 6.03. The van der Waals surface area contributed by atoms with E-state index in [1.807, 2.05) is 0 Å². The third-order valence-electron chi connectivity index (χ3n) is 3.14. The van der Waals surface area contributed by atoms with Gasteiger partial charge in [0.15, 0.2) is 0 Å². The van der Waals surface area contributed by atoms with E-state index in [0.29, 0.717) is 5.56 Å². The monoisotopic (exact) mass is 320 g/mol. The highest BCUT2D eigenvalue weighted by molar-refractivity contribution is 6.32. The summed E-state index contributed by atoms with van der Waals surface area (Å²) in [5, 5.41) is 23.2. The number of nitrogens with one attached hydrogen (secondary N) is 1. The number of benzene rings is 2. The average molecular weight is 321 g/mol. The van der Waals surface area contributed by atoms with Crippen LogP contribution in [0.2, 0.25) is 5.02 Å². The van der Waals surface area contributed by atoms with Gasteiger partial charge in [0.25, 0.3) is 11.6 Å². The highest BCUT2D eigenvalue weighted by atomic mass is 35.5. The van der Waals surface area contributed by atoms with Crippen molar-refractivity contribution < 1.29 is 14.8 Å². The van der Waals surface area contributed by atoms with Gasteiger partial charge in [0.2, 0.25) is 0 Å². The summed E-state index contributed by atoms with van der Waals surface area (Å²) in [6.07, 6.45) is 0. The molecule has 0 saturated heterocycles. The topological polar surface area (TPSA) is 92.5 Å². The number of aryl methyl sites for hydroxylation is 2. The number of anilines is 1. The standard InChI is InChI=1S/C15H13ClN2O4/c1-8-3-4-14(19)10(5-8)15(20)17-12-7-13(18(21)22)11(16)6-9(12)2/h3-7,19H,1-2H3,(H,17,20). The molecule has 0 unspecified atom stereocenters. The smallest absolute Gasteiger partial charge is 0.289 e. The van der Waals surface area contributed by atoms with Gasteiger partial charge in [0, 0.05) is 6.07 Å². The second-order valence-electron chi connectivity index (χ2n) is 4.85. The highest BCUT2D eigenvalue weighted by Gasteiger charge is 2.18. The molecule has 0 heterocycles. The largest absolute Gasteiger partial charge is 0.507 e. The average Bonchev–Trinajstić information content (AvgIpc) is 2.43. The number of carbonyl (C=O) groups is 1. The van der Waals surface area contributed by atoms with Gasteiger partial charge in [-0.05, 0) is 37.6 Å². The Morgan fingerprint density at radius 1 is 1.27 bits per heavy atom. The van der Waals surface area contributed by atoms with E-state index in [1.54, 1.807) is 19.9 Å². The maximum absolute atomic E-state index is 12.2. The molecule has 0 aliphatic rings. The number of phenolic OH excluding ortho intramolecular Hbond substituents is 1. The van der Waals surface area contributed by atoms with E-state index in [1.165, 1.54) is 24.3 Å². The molecule has 2 aromatic carbocycles. The number of rotatable bonds is 3. The molecule has 1 amide bonds. The Hall–Kier alpha value is -2.60. The number of nitro benzene ring substituents is 1. The van der Waals surface area contributed by atoms with Gasteiger partial charge in [-0.3, -0.25) is 14.9 Å². The first kappa shape index (κ1) is 15.8. The zero-order chi connectivity index (χ0) is 16.4. The van der Waals surface area contributed by atoms with E-state index >= 15 is 0 Å². The fourth-order valence-electron chi connectivity index (χ4n) is 1.96. The molecule has 7 heteroatoms. The van der Waals surface area contributed by atoms with Crippen LogP contribution in [-0.2, 0) is 0 Å². The molecule has 2 aromatic rings. The van der Waals surface area contributed by atoms with Crippen molar-refractivity contribution in [3.63, 3.8) is 0 Å². The predicted octanol–water partition coefficient (Wildman–Crippen LogP) is 3.82. The third kappa shape index (κ3) is 3.17. The van der Waals surface area contributed by atoms with Gasteiger partial charge in [-0.25, -0.2) is 0 Å². The number of phenols is 1. The van der Waals surface area contributed by atoms with Crippen LogP contribution in [0.4, 0.5) is 11.4 Å². The Morgan fingerprint density at radius 2 is 1.95 bits per heavy atom. The number of nitrogens with zero attached hydrogens (tertiary/aromatic N) is 1. The molecular weight excluding hydrogens is 308 g/mol. The van der Waals surface area contributed by atoms with E-state index in [0.717, 1.165) is 5.56 Å². The van der Waals surface area contributed by atoms with E-state index in [9.17, 15) is 20.0 Å². The van der Waals surface area contributed by atoms with Gasteiger partial charge in [-0.1, -0.05) is 23.2 Å². The van der Waals surface area contributed by atoms with Crippen molar-refractivity contribution in [3.8, 4) is 5.75 Å². The molecule has 114 valence electrons. The molecular formula is C15H13ClN2O4. The molecule has 0 atom stereocenters. The number of amides is 1. The normalized spacial score (nSPS) is 10.3. The minimum atomic E-state index is -0.623. The number of nitro groups is 1. The number of aromatic hydroxyl groups is 1. The van der Waals surface area contributed by atoms with Crippen LogP contribution in [0.3, 0.4) is 0 Å². The lowest BCUT2D eigenvalue weighted by atomic mass is 10.1. The minimum Gasteiger partial charge on any atom is -0.507 e. The molecule has 0 aliphatic heterocycles. The number of hydrogen-bond acceptors (Lipinski definition) is 4. The van der Waals surface area contributed by atoms with Crippen LogP contribution in [0.15, 0.2) is 30.3 Å². The zero-order valence-corrected chi connectivity index (χ0v) is 12.6. The molecule has 0 aromatic heterocycles. The van der Waals surface area contributed by atoms with Gasteiger partial charge in [-0.15, -0.1) is 0 Å². The molecule has 2 rings (SSSR count). The predicted molar refractivity (Wildman–Crippen MR) is 83.6 cm³/mol. The van der Waals surface area contributed by atoms with Crippen molar-refractivity contribution in [1.29, 1.82) is 0 Å². The Morgan fingerprint density at radius 3 is 2.59 bits per heavy atom. The highest BCUT2D eigenvalue weighted by Crippen LogP contribution is 2.31. The molecule has 22 heavy (non-hydrogen) atoms. The summed E-state index contributed by atoms with van der Waals surface area (Å²) in [7, 11) is 0. The Kier molecular flexibility index (Phi) is 4.32. The Bertz CT molecular complexity index is 774. The van der Waals surface area contributed by atoms with Crippen molar-refractivity contribution in [3.05, 3.63) is 62.2 Å². The Labute approximate surface area is 131 Å². The van der Waals surface area contributed by atoms with E-state index < -0.39 is 10.8 Å². The maximum atomic E-state index is 12.2. The molecule has 0 radical (unpaired) electrons. The van der Waals surface area contributed by atoms with E-state index in [4.69, 9.17) is 11.6 Å². The maximum Gasteiger partial charge on any atom is 0.289 e. The lowest BCUT2D eigenvalue weighted by Gasteiger charge is -2.10. The van der Waals surface area contributed by atoms with Gasteiger partial charge in [-0.2, -0.15) is 0 Å². The number of halogens is 1. The molecule has 0 fully saturated rings. The van der Waals surface area contributed by atoms with Crippen LogP contribution >= 0.6 is 11.6 Å². The Balaban J connectivity index is 2.38. The van der Waals surface area contributed by atoms with Crippen LogP contribution in [0, 0.1) is 24.0 Å². The summed E-state index contributed by atoms with van der Waals surface area (Å²) in [6, 6.07) is 7.23. The van der Waals surface area contributed by atoms with Crippen molar-refractivity contribution in [2.24, 2.45) is 0 Å². The first-order valence-electron chi connectivity index (χ1n) is 6.35. The minimum absolute atomic E-state index is 0.00102. The molecule has 0 saturated carbocycles. The lowest BCUT2D eigenvalue weighted by molar-refractivity contribution is -0.384. The van der Waals surface area contributed by atoms with E-state index in [2.05, 4.69) is 5.32 Å². The summed E-state index contributed by atoms with van der Waals surface area (Å²) in [4.78, 5) is 22.5. The molecule has 2 N–H and O–H groups in total. The van der Waals surface area contributed by atoms with Crippen molar-refractivity contribution in [2.45, 2.75) is 13.8 Å².